The van der Waals surface area contributed by atoms with Crippen LogP contribution in [0.4, 0.5) is 4.79 Å². The van der Waals surface area contributed by atoms with Crippen molar-refractivity contribution in [1.82, 2.24) is 10.2 Å². The minimum absolute atomic E-state index is 0.0448. The molecule has 0 atom stereocenters. The van der Waals surface area contributed by atoms with Gasteiger partial charge in [0.1, 0.15) is 13.3 Å². The maximum absolute atomic E-state index is 12.3. The van der Waals surface area contributed by atoms with Crippen LogP contribution in [0.2, 0.25) is 0 Å². The van der Waals surface area contributed by atoms with E-state index in [1.54, 1.807) is 4.90 Å². The Kier molecular flexibility index (Phi) is 4.81. The number of ether oxygens (including phenoxy) is 2. The molecule has 2 aromatic carbocycles. The van der Waals surface area contributed by atoms with Gasteiger partial charge in [0.2, 0.25) is 5.91 Å². The number of fused-ring (bicyclic) bond motifs is 3. The van der Waals surface area contributed by atoms with Gasteiger partial charge in [-0.1, -0.05) is 48.5 Å². The minimum atomic E-state index is -0.368. The minimum Gasteiger partial charge on any atom is -0.448 e. The van der Waals surface area contributed by atoms with Gasteiger partial charge in [-0.05, 0) is 22.3 Å². The highest BCUT2D eigenvalue weighted by Crippen LogP contribution is 2.44. The quantitative estimate of drug-likeness (QED) is 0.826. The number of nitrogens with one attached hydrogen (secondary N) is 1. The number of carbonyl (C=O) groups is 2. The fourth-order valence-corrected chi connectivity index (χ4v) is 3.77. The van der Waals surface area contributed by atoms with Crippen molar-refractivity contribution in [2.45, 2.75) is 5.92 Å². The molecule has 140 valence electrons. The summed E-state index contributed by atoms with van der Waals surface area (Å²) >= 11 is 0. The van der Waals surface area contributed by atoms with E-state index in [2.05, 4.69) is 29.6 Å². The Balaban J connectivity index is 1.36. The predicted octanol–water partition coefficient (Wildman–Crippen LogP) is 2.59. The van der Waals surface area contributed by atoms with Gasteiger partial charge in [0.25, 0.3) is 0 Å². The number of amides is 2. The lowest BCUT2D eigenvalue weighted by molar-refractivity contribution is -0.130. The van der Waals surface area contributed by atoms with Crippen molar-refractivity contribution in [2.24, 2.45) is 5.92 Å². The molecule has 2 aromatic rings. The van der Waals surface area contributed by atoms with Gasteiger partial charge in [-0.25, -0.2) is 4.79 Å². The Labute approximate surface area is 158 Å². The summed E-state index contributed by atoms with van der Waals surface area (Å²) in [5, 5.41) is 2.65. The molecule has 0 saturated carbocycles. The molecular weight excluding hydrogens is 344 g/mol. The van der Waals surface area contributed by atoms with E-state index in [0.717, 1.165) is 0 Å². The fourth-order valence-electron chi connectivity index (χ4n) is 3.77. The lowest BCUT2D eigenvalue weighted by Gasteiger charge is -2.37. The summed E-state index contributed by atoms with van der Waals surface area (Å²) < 4.78 is 10.4. The van der Waals surface area contributed by atoms with Crippen LogP contribution in [0.5, 0.6) is 0 Å². The lowest BCUT2D eigenvalue weighted by Crippen LogP contribution is -2.56. The van der Waals surface area contributed by atoms with E-state index >= 15 is 0 Å². The van der Waals surface area contributed by atoms with Crippen LogP contribution in [0.1, 0.15) is 17.0 Å². The predicted molar refractivity (Wildman–Crippen MR) is 100 cm³/mol. The normalized spacial score (nSPS) is 15.7. The highest BCUT2D eigenvalue weighted by atomic mass is 16.6. The third kappa shape index (κ3) is 3.28. The molecule has 0 unspecified atom stereocenters. The molecule has 1 heterocycles. The maximum atomic E-state index is 12.3. The zero-order valence-corrected chi connectivity index (χ0v) is 15.2. The molecule has 1 aliphatic carbocycles. The molecule has 6 nitrogen and oxygen atoms in total. The van der Waals surface area contributed by atoms with E-state index in [4.69, 9.17) is 9.47 Å². The average molecular weight is 366 g/mol. The van der Waals surface area contributed by atoms with Gasteiger partial charge in [-0.15, -0.1) is 0 Å². The number of benzene rings is 2. The first kappa shape index (κ1) is 17.5. The smallest absolute Gasteiger partial charge is 0.409 e. The second kappa shape index (κ2) is 7.40. The van der Waals surface area contributed by atoms with E-state index < -0.39 is 0 Å². The average Bonchev–Trinajstić information content (AvgIpc) is 2.97. The first-order chi connectivity index (χ1) is 13.2. The van der Waals surface area contributed by atoms with Crippen molar-refractivity contribution in [3.63, 3.8) is 0 Å². The van der Waals surface area contributed by atoms with Crippen LogP contribution in [0.15, 0.2) is 48.5 Å². The van der Waals surface area contributed by atoms with Crippen molar-refractivity contribution in [2.75, 3.05) is 33.5 Å². The Bertz CT molecular complexity index is 815. The van der Waals surface area contributed by atoms with Crippen molar-refractivity contribution < 1.29 is 19.1 Å². The van der Waals surface area contributed by atoms with Gasteiger partial charge in [0.05, 0.1) is 5.92 Å². The summed E-state index contributed by atoms with van der Waals surface area (Å²) in [6.45, 7) is 1.24. The third-order valence-corrected chi connectivity index (χ3v) is 5.24. The van der Waals surface area contributed by atoms with Crippen LogP contribution in [0.25, 0.3) is 11.1 Å². The third-order valence-electron chi connectivity index (χ3n) is 5.24. The van der Waals surface area contributed by atoms with Crippen LogP contribution in [-0.4, -0.2) is 50.4 Å². The maximum Gasteiger partial charge on any atom is 0.409 e. The van der Waals surface area contributed by atoms with Gasteiger partial charge in [0, 0.05) is 26.1 Å². The molecule has 0 radical (unpaired) electrons. The zero-order valence-electron chi connectivity index (χ0n) is 15.2. The van der Waals surface area contributed by atoms with E-state index in [0.29, 0.717) is 19.7 Å². The standard InChI is InChI=1S/C21H22N2O4/c1-26-13-22-20(24)14-10-23(11-14)21(25)27-12-19-17-8-4-2-6-15(17)16-7-3-5-9-18(16)19/h2-9,14,19H,10-13H2,1H3,(H,22,24). The number of rotatable bonds is 5. The summed E-state index contributed by atoms with van der Waals surface area (Å²) in [6, 6.07) is 16.5. The first-order valence-electron chi connectivity index (χ1n) is 9.05. The fraction of sp³-hybridized carbons (Fsp3) is 0.333. The molecule has 4 rings (SSSR count). The van der Waals surface area contributed by atoms with E-state index in [9.17, 15) is 9.59 Å². The summed E-state index contributed by atoms with van der Waals surface area (Å²) in [5.74, 6) is -0.247. The summed E-state index contributed by atoms with van der Waals surface area (Å²) in [6.07, 6.45) is -0.368. The number of methoxy groups -OCH3 is 1. The van der Waals surface area contributed by atoms with Gasteiger partial charge in [-0.2, -0.15) is 0 Å². The lowest BCUT2D eigenvalue weighted by atomic mass is 9.98. The van der Waals surface area contributed by atoms with Gasteiger partial charge < -0.3 is 19.7 Å². The highest BCUT2D eigenvalue weighted by Gasteiger charge is 2.37. The molecule has 0 spiro atoms. The second-order valence-electron chi connectivity index (χ2n) is 6.88. The molecule has 2 aliphatic rings. The number of hydrogen-bond donors (Lipinski definition) is 1. The molecule has 2 amide bonds. The largest absolute Gasteiger partial charge is 0.448 e. The van der Waals surface area contributed by atoms with E-state index in [1.807, 2.05) is 24.3 Å². The monoisotopic (exact) mass is 366 g/mol. The number of nitrogens with zero attached hydrogens (tertiary/aromatic N) is 1. The second-order valence-corrected chi connectivity index (χ2v) is 6.88. The molecule has 1 N–H and O–H groups in total. The van der Waals surface area contributed by atoms with Crippen LogP contribution in [-0.2, 0) is 14.3 Å². The van der Waals surface area contributed by atoms with Crippen LogP contribution < -0.4 is 5.32 Å². The van der Waals surface area contributed by atoms with Crippen LogP contribution in [0.3, 0.4) is 0 Å². The van der Waals surface area contributed by atoms with Crippen molar-refractivity contribution >= 4 is 12.0 Å². The number of carbonyl (C=O) groups excluding carboxylic acids is 2. The molecule has 27 heavy (non-hydrogen) atoms. The van der Waals surface area contributed by atoms with E-state index in [-0.39, 0.29) is 30.6 Å². The molecule has 1 saturated heterocycles. The number of hydrogen-bond acceptors (Lipinski definition) is 4. The Morgan fingerprint density at radius 3 is 2.22 bits per heavy atom. The Morgan fingerprint density at radius 2 is 1.63 bits per heavy atom. The Hall–Kier alpha value is -2.86. The summed E-state index contributed by atoms with van der Waals surface area (Å²) in [4.78, 5) is 25.7. The number of likely N-dealkylation sites (tertiary alicyclic amines) is 1. The van der Waals surface area contributed by atoms with Gasteiger partial charge >= 0.3 is 6.09 Å². The zero-order chi connectivity index (χ0) is 18.8. The molecule has 1 aliphatic heterocycles. The summed E-state index contributed by atoms with van der Waals surface area (Å²) in [5.41, 5.74) is 4.78. The van der Waals surface area contributed by atoms with Crippen molar-refractivity contribution in [3.8, 4) is 11.1 Å². The molecule has 1 fully saturated rings. The summed E-state index contributed by atoms with van der Waals surface area (Å²) in [7, 11) is 1.52. The van der Waals surface area contributed by atoms with Crippen molar-refractivity contribution in [1.29, 1.82) is 0 Å². The SMILES string of the molecule is COCNC(=O)C1CN(C(=O)OCC2c3ccccc3-c3ccccc32)C1. The molecular formula is C21H22N2O4. The first-order valence-corrected chi connectivity index (χ1v) is 9.05. The van der Waals surface area contributed by atoms with Crippen LogP contribution in [0, 0.1) is 5.92 Å². The van der Waals surface area contributed by atoms with Gasteiger partial charge in [-0.3, -0.25) is 4.79 Å². The molecule has 6 heteroatoms. The Morgan fingerprint density at radius 1 is 1.04 bits per heavy atom. The topological polar surface area (TPSA) is 67.9 Å². The van der Waals surface area contributed by atoms with Crippen molar-refractivity contribution in [3.05, 3.63) is 59.7 Å². The van der Waals surface area contributed by atoms with E-state index in [1.165, 1.54) is 29.4 Å². The van der Waals surface area contributed by atoms with Gasteiger partial charge in [0.15, 0.2) is 0 Å². The van der Waals surface area contributed by atoms with Crippen LogP contribution >= 0.6 is 0 Å². The molecule has 0 aromatic heterocycles. The highest BCUT2D eigenvalue weighted by molar-refractivity contribution is 5.82. The molecule has 0 bridgehead atoms.